The van der Waals surface area contributed by atoms with Crippen LogP contribution in [0.1, 0.15) is 27.2 Å². The van der Waals surface area contributed by atoms with E-state index in [1.165, 1.54) is 6.20 Å². The number of fused-ring (bicyclic) bond motifs is 1. The maximum Gasteiger partial charge on any atom is 0.410 e. The second-order valence-electron chi connectivity index (χ2n) is 7.81. The number of anilines is 1. The van der Waals surface area contributed by atoms with Crippen LogP contribution in [0.3, 0.4) is 0 Å². The van der Waals surface area contributed by atoms with Gasteiger partial charge in [0, 0.05) is 19.8 Å². The molecule has 2 atom stereocenters. The van der Waals surface area contributed by atoms with Crippen molar-refractivity contribution in [2.24, 2.45) is 0 Å². The maximum atomic E-state index is 14.4. The number of aromatic nitrogens is 3. The minimum Gasteiger partial charge on any atom is -0.444 e. The third-order valence-corrected chi connectivity index (χ3v) is 5.15. The van der Waals surface area contributed by atoms with Gasteiger partial charge >= 0.3 is 6.09 Å². The Hall–Kier alpha value is -2.19. The van der Waals surface area contributed by atoms with E-state index >= 15 is 0 Å². The highest BCUT2D eigenvalue weighted by molar-refractivity contribution is 6.30. The van der Waals surface area contributed by atoms with Gasteiger partial charge in [0.1, 0.15) is 16.9 Å². The first kappa shape index (κ1) is 21.5. The number of carbonyl (C=O) groups excluding carboxylic acids is 1. The number of ether oxygens (including phenoxy) is 1. The predicted octanol–water partition coefficient (Wildman–Crippen LogP) is 4.47. The van der Waals surface area contributed by atoms with E-state index in [-0.39, 0.29) is 28.0 Å². The summed E-state index contributed by atoms with van der Waals surface area (Å²) in [7, 11) is 1.80. The highest BCUT2D eigenvalue weighted by Crippen LogP contribution is 2.33. The maximum absolute atomic E-state index is 14.4. The quantitative estimate of drug-likeness (QED) is 0.397. The van der Waals surface area contributed by atoms with Gasteiger partial charge in [-0.25, -0.2) is 19.2 Å². The molecule has 0 unspecified atom stereocenters. The first-order chi connectivity index (χ1) is 13.5. The van der Waals surface area contributed by atoms with Gasteiger partial charge in [0.15, 0.2) is 11.0 Å². The van der Waals surface area contributed by atoms with Gasteiger partial charge in [-0.3, -0.25) is 4.90 Å². The Morgan fingerprint density at radius 1 is 1.41 bits per heavy atom. The van der Waals surface area contributed by atoms with Crippen molar-refractivity contribution in [3.05, 3.63) is 35.1 Å². The van der Waals surface area contributed by atoms with Gasteiger partial charge in [-0.05, 0) is 38.8 Å². The first-order valence-corrected chi connectivity index (χ1v) is 9.81. The highest BCUT2D eigenvalue weighted by atomic mass is 35.5. The molecule has 1 amide bonds. The minimum atomic E-state index is -0.759. The summed E-state index contributed by atoms with van der Waals surface area (Å²) < 4.78 is 19.9. The summed E-state index contributed by atoms with van der Waals surface area (Å²) in [4.78, 5) is 28.2. The standard InChI is InChI=1S/C19H22Cl2FN5O2/c1-6-11-12(7-8-27(11)18(28)29-19(2,3)4)26(5)16-10-9-23-15(20)13(22)14(10)24-17(21)25-16/h6,9,11-12H,1,7-8H2,2-5H3/t11-,12-/m1/s1. The van der Waals surface area contributed by atoms with Gasteiger partial charge in [-0.15, -0.1) is 6.58 Å². The molecule has 0 aromatic carbocycles. The molecule has 2 aromatic heterocycles. The lowest BCUT2D eigenvalue weighted by Crippen LogP contribution is -2.46. The van der Waals surface area contributed by atoms with E-state index in [4.69, 9.17) is 27.9 Å². The molecule has 1 saturated heterocycles. The molecule has 3 rings (SSSR count). The Balaban J connectivity index is 1.96. The van der Waals surface area contributed by atoms with E-state index in [0.717, 1.165) is 0 Å². The summed E-state index contributed by atoms with van der Waals surface area (Å²) in [6.45, 7) is 9.80. The van der Waals surface area contributed by atoms with E-state index in [0.29, 0.717) is 24.2 Å². The third kappa shape index (κ3) is 4.23. The zero-order valence-corrected chi connectivity index (χ0v) is 18.1. The smallest absolute Gasteiger partial charge is 0.410 e. The Labute approximate surface area is 178 Å². The summed E-state index contributed by atoms with van der Waals surface area (Å²) in [6.07, 6.45) is 3.33. The van der Waals surface area contributed by atoms with Crippen LogP contribution >= 0.6 is 23.2 Å². The lowest BCUT2D eigenvalue weighted by Gasteiger charge is -2.33. The lowest BCUT2D eigenvalue weighted by atomic mass is 10.1. The number of nitrogens with zero attached hydrogens (tertiary/aromatic N) is 5. The first-order valence-electron chi connectivity index (χ1n) is 9.05. The number of hydrogen-bond donors (Lipinski definition) is 0. The molecular weight excluding hydrogens is 420 g/mol. The van der Waals surface area contributed by atoms with Crippen molar-refractivity contribution in [1.29, 1.82) is 0 Å². The second-order valence-corrected chi connectivity index (χ2v) is 8.50. The van der Waals surface area contributed by atoms with Gasteiger partial charge in [-0.2, -0.15) is 4.98 Å². The molecule has 7 nitrogen and oxygen atoms in total. The van der Waals surface area contributed by atoms with Crippen LogP contribution in [-0.4, -0.2) is 57.2 Å². The predicted molar refractivity (Wildman–Crippen MR) is 111 cm³/mol. The van der Waals surface area contributed by atoms with E-state index in [2.05, 4.69) is 21.5 Å². The average molecular weight is 442 g/mol. The molecule has 1 aliphatic rings. The number of likely N-dealkylation sites (N-methyl/N-ethyl adjacent to an activating group) is 1. The summed E-state index contributed by atoms with van der Waals surface area (Å²) in [5.74, 6) is -0.365. The number of pyridine rings is 1. The molecule has 0 N–H and O–H groups in total. The van der Waals surface area contributed by atoms with Crippen molar-refractivity contribution in [2.45, 2.75) is 44.9 Å². The van der Waals surface area contributed by atoms with Gasteiger partial charge in [0.05, 0.1) is 17.5 Å². The van der Waals surface area contributed by atoms with E-state index in [1.807, 2.05) is 25.7 Å². The number of halogens is 3. The minimum absolute atomic E-state index is 0.0102. The van der Waals surface area contributed by atoms with Crippen LogP contribution in [0.15, 0.2) is 18.9 Å². The number of amides is 1. The number of likely N-dealkylation sites (tertiary alicyclic amines) is 1. The molecule has 1 fully saturated rings. The molecule has 0 radical (unpaired) electrons. The largest absolute Gasteiger partial charge is 0.444 e. The molecule has 10 heteroatoms. The molecular formula is C19H22Cl2FN5O2. The van der Waals surface area contributed by atoms with Crippen LogP contribution in [0.25, 0.3) is 10.9 Å². The average Bonchev–Trinajstić information content (AvgIpc) is 3.06. The fourth-order valence-corrected chi connectivity index (χ4v) is 3.76. The zero-order chi connectivity index (χ0) is 21.5. The summed E-state index contributed by atoms with van der Waals surface area (Å²) in [5.41, 5.74) is -0.616. The summed E-state index contributed by atoms with van der Waals surface area (Å²) in [6, 6.07) is -0.503. The second kappa shape index (κ2) is 7.91. The summed E-state index contributed by atoms with van der Waals surface area (Å²) in [5, 5.41) is -0.0307. The monoisotopic (exact) mass is 441 g/mol. The van der Waals surface area contributed by atoms with Crippen molar-refractivity contribution in [3.8, 4) is 0 Å². The number of carbonyl (C=O) groups is 1. The van der Waals surface area contributed by atoms with Crippen molar-refractivity contribution in [1.82, 2.24) is 19.9 Å². The van der Waals surface area contributed by atoms with Crippen molar-refractivity contribution < 1.29 is 13.9 Å². The Morgan fingerprint density at radius 3 is 2.72 bits per heavy atom. The van der Waals surface area contributed by atoms with Crippen LogP contribution < -0.4 is 4.90 Å². The molecule has 2 aromatic rings. The van der Waals surface area contributed by atoms with E-state index in [1.54, 1.807) is 18.0 Å². The van der Waals surface area contributed by atoms with Crippen LogP contribution in [0, 0.1) is 5.82 Å². The number of hydrogen-bond acceptors (Lipinski definition) is 6. The van der Waals surface area contributed by atoms with Crippen LogP contribution in [-0.2, 0) is 4.74 Å². The van der Waals surface area contributed by atoms with Gasteiger partial charge in [0.2, 0.25) is 5.28 Å². The molecule has 0 bridgehead atoms. The Kier molecular flexibility index (Phi) is 5.87. The van der Waals surface area contributed by atoms with Crippen molar-refractivity contribution in [3.63, 3.8) is 0 Å². The highest BCUT2D eigenvalue weighted by Gasteiger charge is 2.40. The normalized spacial score (nSPS) is 19.5. The lowest BCUT2D eigenvalue weighted by molar-refractivity contribution is 0.0251. The molecule has 29 heavy (non-hydrogen) atoms. The molecule has 156 valence electrons. The van der Waals surface area contributed by atoms with Gasteiger partial charge in [-0.1, -0.05) is 17.7 Å². The van der Waals surface area contributed by atoms with Crippen LogP contribution in [0.2, 0.25) is 10.4 Å². The van der Waals surface area contributed by atoms with E-state index < -0.39 is 17.5 Å². The summed E-state index contributed by atoms with van der Waals surface area (Å²) >= 11 is 11.8. The van der Waals surface area contributed by atoms with Crippen LogP contribution in [0.4, 0.5) is 15.0 Å². The van der Waals surface area contributed by atoms with Crippen LogP contribution in [0.5, 0.6) is 0 Å². The molecule has 1 aliphatic heterocycles. The van der Waals surface area contributed by atoms with Crippen molar-refractivity contribution >= 4 is 46.0 Å². The zero-order valence-electron chi connectivity index (χ0n) is 16.6. The number of rotatable bonds is 3. The SMILES string of the molecule is C=C[C@@H]1[C@H](N(C)c2nc(Cl)nc3c(F)c(Cl)ncc23)CCN1C(=O)OC(C)(C)C. The third-order valence-electron chi connectivity index (χ3n) is 4.72. The van der Waals surface area contributed by atoms with Crippen molar-refractivity contribution in [2.75, 3.05) is 18.5 Å². The molecule has 0 saturated carbocycles. The fourth-order valence-electron chi connectivity index (χ4n) is 3.46. The Bertz CT molecular complexity index is 966. The van der Waals surface area contributed by atoms with E-state index in [9.17, 15) is 9.18 Å². The topological polar surface area (TPSA) is 71.5 Å². The molecule has 0 spiro atoms. The Morgan fingerprint density at radius 2 is 2.10 bits per heavy atom. The van der Waals surface area contributed by atoms with Gasteiger partial charge < -0.3 is 9.64 Å². The van der Waals surface area contributed by atoms with Gasteiger partial charge in [0.25, 0.3) is 0 Å². The molecule has 3 heterocycles. The molecule has 0 aliphatic carbocycles. The fraction of sp³-hybridized carbons (Fsp3) is 0.474.